The second-order valence-corrected chi connectivity index (χ2v) is 5.93. The van der Waals surface area contributed by atoms with Gasteiger partial charge in [-0.1, -0.05) is 12.1 Å². The monoisotopic (exact) mass is 330 g/mol. The summed E-state index contributed by atoms with van der Waals surface area (Å²) in [6.45, 7) is 4.85. The quantitative estimate of drug-likeness (QED) is 0.792. The summed E-state index contributed by atoms with van der Waals surface area (Å²) in [5.74, 6) is 1.45. The lowest BCUT2D eigenvalue weighted by atomic mass is 10.1. The highest BCUT2D eigenvalue weighted by Gasteiger charge is 2.17. The van der Waals surface area contributed by atoms with E-state index in [9.17, 15) is 4.79 Å². The second-order valence-electron chi connectivity index (χ2n) is 5.93. The van der Waals surface area contributed by atoms with Crippen LogP contribution in [0.15, 0.2) is 40.8 Å². The molecule has 0 bridgehead atoms. The first-order valence-corrected chi connectivity index (χ1v) is 8.56. The summed E-state index contributed by atoms with van der Waals surface area (Å²) >= 11 is 0. The van der Waals surface area contributed by atoms with Crippen LogP contribution in [-0.4, -0.2) is 31.8 Å². The van der Waals surface area contributed by atoms with E-state index in [0.29, 0.717) is 18.3 Å². The maximum atomic E-state index is 11.7. The van der Waals surface area contributed by atoms with Crippen LogP contribution in [0, 0.1) is 0 Å². The number of carbonyl (C=O) groups is 1. The lowest BCUT2D eigenvalue weighted by molar-refractivity contribution is -0.677. The summed E-state index contributed by atoms with van der Waals surface area (Å²) < 4.78 is 16.5. The molecule has 5 heteroatoms. The third-order valence-electron chi connectivity index (χ3n) is 4.14. The SMILES string of the molecule is CCOC(=O)c1ccc(-c2ccc(C[NH2+]C[C@H]3CCCO3)o2)cc1. The number of benzene rings is 1. The lowest BCUT2D eigenvalue weighted by Gasteiger charge is -2.06. The molecule has 3 rings (SSSR count). The molecule has 2 N–H and O–H groups in total. The van der Waals surface area contributed by atoms with Crippen LogP contribution in [0.25, 0.3) is 11.3 Å². The average molecular weight is 330 g/mol. The number of esters is 1. The largest absolute Gasteiger partial charge is 0.462 e. The summed E-state index contributed by atoms with van der Waals surface area (Å²) in [5.41, 5.74) is 1.51. The number of carbonyl (C=O) groups excluding carboxylic acids is 1. The van der Waals surface area contributed by atoms with Crippen LogP contribution in [-0.2, 0) is 16.0 Å². The van der Waals surface area contributed by atoms with Crippen LogP contribution in [0.3, 0.4) is 0 Å². The van der Waals surface area contributed by atoms with Gasteiger partial charge in [0, 0.05) is 12.2 Å². The molecule has 0 aliphatic carbocycles. The van der Waals surface area contributed by atoms with E-state index in [4.69, 9.17) is 13.9 Å². The Balaban J connectivity index is 1.55. The number of quaternary nitrogens is 1. The Bertz CT molecular complexity index is 656. The topological polar surface area (TPSA) is 65.3 Å². The Morgan fingerprint density at radius 2 is 2.08 bits per heavy atom. The van der Waals surface area contributed by atoms with Crippen molar-refractivity contribution in [1.29, 1.82) is 0 Å². The van der Waals surface area contributed by atoms with E-state index < -0.39 is 0 Å². The number of hydrogen-bond donors (Lipinski definition) is 1. The maximum Gasteiger partial charge on any atom is 0.338 e. The highest BCUT2D eigenvalue weighted by Crippen LogP contribution is 2.22. The second kappa shape index (κ2) is 8.13. The number of hydrogen-bond acceptors (Lipinski definition) is 4. The van der Waals surface area contributed by atoms with Crippen LogP contribution in [0.5, 0.6) is 0 Å². The van der Waals surface area contributed by atoms with Gasteiger partial charge in [0.25, 0.3) is 0 Å². The van der Waals surface area contributed by atoms with Gasteiger partial charge in [0.15, 0.2) is 5.76 Å². The van der Waals surface area contributed by atoms with E-state index in [0.717, 1.165) is 43.2 Å². The van der Waals surface area contributed by atoms with E-state index in [1.165, 1.54) is 6.42 Å². The van der Waals surface area contributed by atoms with Gasteiger partial charge in [0.2, 0.25) is 0 Å². The minimum Gasteiger partial charge on any atom is -0.462 e. The molecule has 0 radical (unpaired) electrons. The van der Waals surface area contributed by atoms with E-state index in [1.54, 1.807) is 19.1 Å². The van der Waals surface area contributed by atoms with Crippen molar-refractivity contribution in [3.05, 3.63) is 47.7 Å². The Morgan fingerprint density at radius 1 is 1.25 bits per heavy atom. The zero-order chi connectivity index (χ0) is 16.8. The molecule has 1 aromatic carbocycles. The van der Waals surface area contributed by atoms with Crippen molar-refractivity contribution in [2.24, 2.45) is 0 Å². The van der Waals surface area contributed by atoms with Crippen LogP contribution in [0.2, 0.25) is 0 Å². The van der Waals surface area contributed by atoms with Gasteiger partial charge < -0.3 is 19.2 Å². The zero-order valence-corrected chi connectivity index (χ0v) is 14.0. The summed E-state index contributed by atoms with van der Waals surface area (Å²) in [6.07, 6.45) is 2.72. The van der Waals surface area contributed by atoms with Crippen LogP contribution >= 0.6 is 0 Å². The molecular formula is C19H24NO4+. The Labute approximate surface area is 141 Å². The van der Waals surface area contributed by atoms with Crippen LogP contribution in [0.4, 0.5) is 0 Å². The van der Waals surface area contributed by atoms with Gasteiger partial charge in [-0.15, -0.1) is 0 Å². The van der Waals surface area contributed by atoms with Crippen molar-refractivity contribution >= 4 is 5.97 Å². The average Bonchev–Trinajstić information content (AvgIpc) is 3.27. The van der Waals surface area contributed by atoms with Crippen LogP contribution < -0.4 is 5.32 Å². The standard InChI is InChI=1S/C19H23NO4/c1-2-22-19(21)15-7-5-14(6-8-15)18-10-9-17(24-18)13-20-12-16-4-3-11-23-16/h5-10,16,20H,2-4,11-13H2,1H3/p+1/t16-/m1/s1. The molecule has 1 aromatic heterocycles. The first kappa shape index (κ1) is 16.7. The molecule has 1 aliphatic heterocycles. The molecule has 1 atom stereocenters. The molecule has 0 saturated carbocycles. The fourth-order valence-electron chi connectivity index (χ4n) is 2.87. The predicted molar refractivity (Wildman–Crippen MR) is 89.6 cm³/mol. The molecule has 5 nitrogen and oxygen atoms in total. The first-order chi connectivity index (χ1) is 11.8. The highest BCUT2D eigenvalue weighted by molar-refractivity contribution is 5.89. The van der Waals surface area contributed by atoms with Gasteiger partial charge in [-0.25, -0.2) is 4.79 Å². The molecule has 1 fully saturated rings. The third kappa shape index (κ3) is 4.24. The van der Waals surface area contributed by atoms with Crippen molar-refractivity contribution in [1.82, 2.24) is 0 Å². The molecule has 1 saturated heterocycles. The number of ether oxygens (including phenoxy) is 2. The summed E-state index contributed by atoms with van der Waals surface area (Å²) in [5, 5.41) is 2.22. The van der Waals surface area contributed by atoms with Crippen molar-refractivity contribution in [2.45, 2.75) is 32.4 Å². The fraction of sp³-hybridized carbons (Fsp3) is 0.421. The zero-order valence-electron chi connectivity index (χ0n) is 14.0. The highest BCUT2D eigenvalue weighted by atomic mass is 16.5. The minimum atomic E-state index is -0.298. The van der Waals surface area contributed by atoms with E-state index in [1.807, 2.05) is 24.3 Å². The molecule has 0 spiro atoms. The molecule has 0 amide bonds. The van der Waals surface area contributed by atoms with Gasteiger partial charge in [-0.2, -0.15) is 0 Å². The molecular weight excluding hydrogens is 306 g/mol. The van der Waals surface area contributed by atoms with Gasteiger partial charge in [-0.3, -0.25) is 0 Å². The Kier molecular flexibility index (Phi) is 5.67. The Hall–Kier alpha value is -2.11. The summed E-state index contributed by atoms with van der Waals surface area (Å²) in [4.78, 5) is 11.7. The van der Waals surface area contributed by atoms with Gasteiger partial charge in [0.05, 0.1) is 12.2 Å². The minimum absolute atomic E-state index is 0.298. The van der Waals surface area contributed by atoms with Crippen LogP contribution in [0.1, 0.15) is 35.9 Å². The molecule has 2 aromatic rings. The molecule has 2 heterocycles. The van der Waals surface area contributed by atoms with Gasteiger partial charge >= 0.3 is 5.97 Å². The smallest absolute Gasteiger partial charge is 0.338 e. The first-order valence-electron chi connectivity index (χ1n) is 8.56. The predicted octanol–water partition coefficient (Wildman–Crippen LogP) is 2.37. The molecule has 24 heavy (non-hydrogen) atoms. The maximum absolute atomic E-state index is 11.7. The fourth-order valence-corrected chi connectivity index (χ4v) is 2.87. The number of furan rings is 1. The molecule has 128 valence electrons. The number of nitrogens with two attached hydrogens (primary N) is 1. The van der Waals surface area contributed by atoms with E-state index >= 15 is 0 Å². The van der Waals surface area contributed by atoms with Crippen molar-refractivity contribution in [2.75, 3.05) is 19.8 Å². The molecule has 0 unspecified atom stereocenters. The number of rotatable bonds is 7. The summed E-state index contributed by atoms with van der Waals surface area (Å²) in [7, 11) is 0. The van der Waals surface area contributed by atoms with Crippen molar-refractivity contribution < 1.29 is 24.0 Å². The Morgan fingerprint density at radius 3 is 2.79 bits per heavy atom. The van der Waals surface area contributed by atoms with E-state index in [2.05, 4.69) is 5.32 Å². The summed E-state index contributed by atoms with van der Waals surface area (Å²) in [6, 6.07) is 11.3. The van der Waals surface area contributed by atoms with Crippen molar-refractivity contribution in [3.8, 4) is 11.3 Å². The van der Waals surface area contributed by atoms with Gasteiger partial charge in [0.1, 0.15) is 25.0 Å². The molecule has 1 aliphatic rings. The van der Waals surface area contributed by atoms with E-state index in [-0.39, 0.29) is 5.97 Å². The third-order valence-corrected chi connectivity index (χ3v) is 4.14. The van der Waals surface area contributed by atoms with Gasteiger partial charge in [-0.05, 0) is 44.0 Å². The normalized spacial score (nSPS) is 17.1. The van der Waals surface area contributed by atoms with Crippen molar-refractivity contribution in [3.63, 3.8) is 0 Å². The lowest BCUT2D eigenvalue weighted by Crippen LogP contribution is -2.84.